The Labute approximate surface area is 129 Å². The third kappa shape index (κ3) is 4.72. The first-order valence-corrected chi connectivity index (χ1v) is 8.19. The first-order chi connectivity index (χ1) is 9.74. The number of aliphatic carboxylic acids is 1. The summed E-state index contributed by atoms with van der Waals surface area (Å²) < 4.78 is 5.58. The summed E-state index contributed by atoms with van der Waals surface area (Å²) in [6.07, 6.45) is 4.57. The van der Waals surface area contributed by atoms with Gasteiger partial charge in [0.2, 0.25) is 0 Å². The molecule has 0 aliphatic heterocycles. The van der Waals surface area contributed by atoms with Gasteiger partial charge in [-0.2, -0.15) is 0 Å². The van der Waals surface area contributed by atoms with Crippen molar-refractivity contribution in [1.29, 1.82) is 0 Å². The third-order valence-corrected chi connectivity index (χ3v) is 4.37. The lowest BCUT2D eigenvalue weighted by Gasteiger charge is -2.35. The molecule has 1 atom stereocenters. The van der Waals surface area contributed by atoms with E-state index in [0.717, 1.165) is 32.1 Å². The molecular weight excluding hydrogens is 268 g/mol. The number of rotatable bonds is 10. The summed E-state index contributed by atoms with van der Waals surface area (Å²) in [5.74, 6) is -2.28. The Kier molecular flexibility index (Phi) is 8.60. The maximum Gasteiger partial charge on any atom is 0.324 e. The van der Waals surface area contributed by atoms with Crippen LogP contribution >= 0.6 is 0 Å². The molecule has 0 radical (unpaired) electrons. The van der Waals surface area contributed by atoms with Crippen LogP contribution in [0.15, 0.2) is 0 Å². The van der Waals surface area contributed by atoms with Gasteiger partial charge in [0.05, 0.1) is 0 Å². The minimum absolute atomic E-state index is 0.180. The summed E-state index contributed by atoms with van der Waals surface area (Å²) in [6.45, 7) is 11.2. The van der Waals surface area contributed by atoms with Crippen molar-refractivity contribution in [2.45, 2.75) is 79.8 Å². The van der Waals surface area contributed by atoms with Gasteiger partial charge < -0.3 is 9.84 Å². The number of carbonyl (C=O) groups excluding carboxylic acids is 1. The van der Waals surface area contributed by atoms with Crippen LogP contribution in [0.25, 0.3) is 0 Å². The van der Waals surface area contributed by atoms with E-state index in [1.54, 1.807) is 27.7 Å². The second-order valence-corrected chi connectivity index (χ2v) is 6.41. The summed E-state index contributed by atoms with van der Waals surface area (Å²) in [5, 5.41) is 9.63. The van der Waals surface area contributed by atoms with Crippen LogP contribution in [-0.4, -0.2) is 23.1 Å². The van der Waals surface area contributed by atoms with Gasteiger partial charge in [-0.3, -0.25) is 9.59 Å². The maximum atomic E-state index is 12.6. The predicted molar refractivity (Wildman–Crippen MR) is 84.1 cm³/mol. The second-order valence-electron chi connectivity index (χ2n) is 6.41. The van der Waals surface area contributed by atoms with E-state index >= 15 is 0 Å². The van der Waals surface area contributed by atoms with Gasteiger partial charge in [0.15, 0.2) is 5.41 Å². The molecule has 1 N–H and O–H groups in total. The van der Waals surface area contributed by atoms with Crippen LogP contribution in [0.4, 0.5) is 0 Å². The predicted octanol–water partition coefficient (Wildman–Crippen LogP) is 4.27. The molecular formula is C17H32O4. The van der Waals surface area contributed by atoms with Crippen LogP contribution in [0.1, 0.15) is 73.6 Å². The van der Waals surface area contributed by atoms with E-state index in [-0.39, 0.29) is 17.9 Å². The molecule has 0 bridgehead atoms. The smallest absolute Gasteiger partial charge is 0.324 e. The van der Waals surface area contributed by atoms with E-state index in [1.165, 1.54) is 0 Å². The lowest BCUT2D eigenvalue weighted by atomic mass is 9.69. The fourth-order valence-corrected chi connectivity index (χ4v) is 2.94. The first-order valence-electron chi connectivity index (χ1n) is 8.19. The molecule has 4 heteroatoms. The number of carbonyl (C=O) groups is 2. The topological polar surface area (TPSA) is 63.6 Å². The Morgan fingerprint density at radius 3 is 1.90 bits per heavy atom. The normalized spacial score (nSPS) is 13.5. The number of carboxylic acids is 1. The largest absolute Gasteiger partial charge is 0.480 e. The number of carboxylic acid groups (broad SMARTS) is 1. The molecule has 0 aromatic carbocycles. The molecule has 0 amide bonds. The zero-order valence-electron chi connectivity index (χ0n) is 14.4. The number of hydrogen-bond donors (Lipinski definition) is 1. The fraction of sp³-hybridized carbons (Fsp3) is 0.882. The lowest BCUT2D eigenvalue weighted by molar-refractivity contribution is -0.181. The summed E-state index contributed by atoms with van der Waals surface area (Å²) in [6, 6.07) is 0. The van der Waals surface area contributed by atoms with Crippen molar-refractivity contribution >= 4 is 11.9 Å². The number of unbranched alkanes of at least 4 members (excludes halogenated alkanes) is 2. The van der Waals surface area contributed by atoms with Gasteiger partial charge in [-0.05, 0) is 31.1 Å². The quantitative estimate of drug-likeness (QED) is 0.372. The SMILES string of the molecule is CCCCCC(CC)OC(=O)C(C(=O)O)(C(C)C)C(C)C. The van der Waals surface area contributed by atoms with E-state index in [1.807, 2.05) is 6.92 Å². The zero-order chi connectivity index (χ0) is 16.6. The average Bonchev–Trinajstić information content (AvgIpc) is 2.36. The molecule has 21 heavy (non-hydrogen) atoms. The van der Waals surface area contributed by atoms with Crippen molar-refractivity contribution in [2.24, 2.45) is 17.3 Å². The van der Waals surface area contributed by atoms with Crippen molar-refractivity contribution < 1.29 is 19.4 Å². The minimum atomic E-state index is -1.46. The molecule has 0 aromatic rings. The molecule has 0 rings (SSSR count). The average molecular weight is 300 g/mol. The van der Waals surface area contributed by atoms with Crippen LogP contribution in [-0.2, 0) is 14.3 Å². The molecule has 0 fully saturated rings. The van der Waals surface area contributed by atoms with E-state index < -0.39 is 17.4 Å². The van der Waals surface area contributed by atoms with E-state index in [0.29, 0.717) is 0 Å². The van der Waals surface area contributed by atoms with Crippen LogP contribution in [0.5, 0.6) is 0 Å². The molecule has 124 valence electrons. The zero-order valence-corrected chi connectivity index (χ0v) is 14.4. The van der Waals surface area contributed by atoms with Crippen molar-refractivity contribution in [2.75, 3.05) is 0 Å². The Morgan fingerprint density at radius 1 is 1.05 bits per heavy atom. The van der Waals surface area contributed by atoms with Gasteiger partial charge in [-0.15, -0.1) is 0 Å². The Bertz CT molecular complexity index is 326. The van der Waals surface area contributed by atoms with Crippen LogP contribution < -0.4 is 0 Å². The lowest BCUT2D eigenvalue weighted by Crippen LogP contribution is -2.50. The third-order valence-electron chi connectivity index (χ3n) is 4.37. The molecule has 4 nitrogen and oxygen atoms in total. The Balaban J connectivity index is 5.09. The van der Waals surface area contributed by atoms with E-state index in [9.17, 15) is 14.7 Å². The van der Waals surface area contributed by atoms with Gasteiger partial charge in [0.25, 0.3) is 0 Å². The number of hydrogen-bond acceptors (Lipinski definition) is 3. The van der Waals surface area contributed by atoms with Crippen molar-refractivity contribution in [3.8, 4) is 0 Å². The second kappa shape index (κ2) is 9.06. The minimum Gasteiger partial charge on any atom is -0.480 e. The number of ether oxygens (including phenoxy) is 1. The summed E-state index contributed by atoms with van der Waals surface area (Å²) in [7, 11) is 0. The summed E-state index contributed by atoms with van der Waals surface area (Å²) in [4.78, 5) is 24.4. The van der Waals surface area contributed by atoms with Crippen molar-refractivity contribution in [1.82, 2.24) is 0 Å². The Morgan fingerprint density at radius 2 is 1.57 bits per heavy atom. The van der Waals surface area contributed by atoms with Gasteiger partial charge in [0.1, 0.15) is 6.10 Å². The molecule has 1 unspecified atom stereocenters. The van der Waals surface area contributed by atoms with E-state index in [4.69, 9.17) is 4.74 Å². The molecule has 0 heterocycles. The molecule has 0 aromatic heterocycles. The standard InChI is InChI=1S/C17H32O4/c1-7-9-10-11-14(8-2)21-16(20)17(12(3)4,13(5)6)15(18)19/h12-14H,7-11H2,1-6H3,(H,18,19). The molecule has 0 spiro atoms. The highest BCUT2D eigenvalue weighted by molar-refractivity contribution is 5.99. The first kappa shape index (κ1) is 19.9. The molecule has 0 saturated carbocycles. The fourth-order valence-electron chi connectivity index (χ4n) is 2.94. The molecule has 0 aliphatic rings. The van der Waals surface area contributed by atoms with Crippen molar-refractivity contribution in [3.63, 3.8) is 0 Å². The summed E-state index contributed by atoms with van der Waals surface area (Å²) in [5.41, 5.74) is -1.46. The maximum absolute atomic E-state index is 12.6. The highest BCUT2D eigenvalue weighted by Crippen LogP contribution is 2.38. The highest BCUT2D eigenvalue weighted by Gasteiger charge is 2.53. The van der Waals surface area contributed by atoms with Crippen molar-refractivity contribution in [3.05, 3.63) is 0 Å². The van der Waals surface area contributed by atoms with Gasteiger partial charge in [0, 0.05) is 0 Å². The van der Waals surface area contributed by atoms with E-state index in [2.05, 4.69) is 6.92 Å². The van der Waals surface area contributed by atoms with Crippen LogP contribution in [0.3, 0.4) is 0 Å². The van der Waals surface area contributed by atoms with Crippen LogP contribution in [0.2, 0.25) is 0 Å². The molecule has 0 aliphatic carbocycles. The van der Waals surface area contributed by atoms with Gasteiger partial charge in [-0.1, -0.05) is 54.4 Å². The number of esters is 1. The Hall–Kier alpha value is -1.06. The van der Waals surface area contributed by atoms with Crippen LogP contribution in [0, 0.1) is 17.3 Å². The van der Waals surface area contributed by atoms with Gasteiger partial charge >= 0.3 is 11.9 Å². The van der Waals surface area contributed by atoms with Gasteiger partial charge in [-0.25, -0.2) is 0 Å². The monoisotopic (exact) mass is 300 g/mol. The molecule has 0 saturated heterocycles. The summed E-state index contributed by atoms with van der Waals surface area (Å²) >= 11 is 0. The highest BCUT2D eigenvalue weighted by atomic mass is 16.5.